The third kappa shape index (κ3) is 6.04. The first kappa shape index (κ1) is 10.6. The van der Waals surface area contributed by atoms with E-state index in [2.05, 4.69) is 11.9 Å². The molecular formula is C8H17NO2. The molecule has 0 unspecified atom stereocenters. The van der Waals surface area contributed by atoms with Crippen molar-refractivity contribution >= 4 is 0 Å². The summed E-state index contributed by atoms with van der Waals surface area (Å²) in [4.78, 5) is 0. The second kappa shape index (κ2) is 7.72. The van der Waals surface area contributed by atoms with Crippen molar-refractivity contribution in [2.75, 3.05) is 19.8 Å². The van der Waals surface area contributed by atoms with Crippen molar-refractivity contribution in [2.24, 2.45) is 0 Å². The topological polar surface area (TPSA) is 52.5 Å². The summed E-state index contributed by atoms with van der Waals surface area (Å²) in [6, 6.07) is 0.211. The van der Waals surface area contributed by atoms with Crippen molar-refractivity contribution in [1.82, 2.24) is 5.32 Å². The molecule has 3 nitrogen and oxygen atoms in total. The van der Waals surface area contributed by atoms with Crippen molar-refractivity contribution in [3.63, 3.8) is 0 Å². The van der Waals surface area contributed by atoms with Gasteiger partial charge < -0.3 is 15.5 Å². The lowest BCUT2D eigenvalue weighted by molar-refractivity contribution is 0.229. The molecule has 0 rings (SSSR count). The molecule has 0 aliphatic carbocycles. The third-order valence-electron chi connectivity index (χ3n) is 1.51. The van der Waals surface area contributed by atoms with Gasteiger partial charge in [0.1, 0.15) is 0 Å². The zero-order valence-corrected chi connectivity index (χ0v) is 6.79. The van der Waals surface area contributed by atoms with Gasteiger partial charge in [-0.3, -0.25) is 0 Å². The fraction of sp³-hybridized carbons (Fsp3) is 0.750. The van der Waals surface area contributed by atoms with E-state index in [9.17, 15) is 0 Å². The van der Waals surface area contributed by atoms with Crippen molar-refractivity contribution in [3.8, 4) is 0 Å². The molecule has 0 atom stereocenters. The van der Waals surface area contributed by atoms with Crippen LogP contribution in [0.4, 0.5) is 0 Å². The average Bonchev–Trinajstić information content (AvgIpc) is 2.01. The largest absolute Gasteiger partial charge is 0.396 e. The zero-order chi connectivity index (χ0) is 8.53. The number of hydrogen-bond donors (Lipinski definition) is 3. The van der Waals surface area contributed by atoms with Crippen LogP contribution >= 0.6 is 0 Å². The van der Waals surface area contributed by atoms with Gasteiger partial charge in [-0.1, -0.05) is 6.08 Å². The van der Waals surface area contributed by atoms with E-state index in [4.69, 9.17) is 10.2 Å². The highest BCUT2D eigenvalue weighted by Gasteiger charge is 2.04. The van der Waals surface area contributed by atoms with E-state index in [0.717, 1.165) is 6.54 Å². The van der Waals surface area contributed by atoms with E-state index in [1.54, 1.807) is 6.08 Å². The maximum Gasteiger partial charge on any atom is 0.0445 e. The first-order valence-electron chi connectivity index (χ1n) is 3.91. The van der Waals surface area contributed by atoms with E-state index in [1.165, 1.54) is 0 Å². The first-order valence-corrected chi connectivity index (χ1v) is 3.91. The molecule has 0 amide bonds. The van der Waals surface area contributed by atoms with E-state index in [-0.39, 0.29) is 19.3 Å². The second-order valence-corrected chi connectivity index (χ2v) is 2.42. The molecule has 0 bridgehead atoms. The Balaban J connectivity index is 3.41. The van der Waals surface area contributed by atoms with Crippen molar-refractivity contribution < 1.29 is 10.2 Å². The molecule has 0 heterocycles. The lowest BCUT2D eigenvalue weighted by Crippen LogP contribution is -2.30. The normalized spacial score (nSPS) is 10.5. The van der Waals surface area contributed by atoms with Gasteiger partial charge >= 0.3 is 0 Å². The first-order chi connectivity index (χ1) is 5.35. The predicted octanol–water partition coefficient (Wildman–Crippen LogP) is -0.105. The van der Waals surface area contributed by atoms with Gasteiger partial charge in [0.25, 0.3) is 0 Å². The van der Waals surface area contributed by atoms with Crippen LogP contribution < -0.4 is 5.32 Å². The highest BCUT2D eigenvalue weighted by Crippen LogP contribution is 1.95. The number of nitrogens with one attached hydrogen (secondary N) is 1. The van der Waals surface area contributed by atoms with Crippen LogP contribution in [-0.2, 0) is 0 Å². The van der Waals surface area contributed by atoms with Gasteiger partial charge in [0.2, 0.25) is 0 Å². The molecule has 66 valence electrons. The molecule has 3 N–H and O–H groups in total. The van der Waals surface area contributed by atoms with E-state index in [0.29, 0.717) is 12.8 Å². The quantitative estimate of drug-likeness (QED) is 0.454. The summed E-state index contributed by atoms with van der Waals surface area (Å²) in [5.41, 5.74) is 0. The Labute approximate surface area is 67.7 Å². The molecule has 0 aliphatic rings. The van der Waals surface area contributed by atoms with Gasteiger partial charge in [0.05, 0.1) is 0 Å². The number of aliphatic hydroxyl groups excluding tert-OH is 2. The van der Waals surface area contributed by atoms with Gasteiger partial charge in [-0.15, -0.1) is 6.58 Å². The summed E-state index contributed by atoms with van der Waals surface area (Å²) >= 11 is 0. The Bertz CT molecular complexity index is 90.1. The lowest BCUT2D eigenvalue weighted by atomic mass is 10.1. The highest BCUT2D eigenvalue weighted by atomic mass is 16.3. The van der Waals surface area contributed by atoms with Gasteiger partial charge in [0, 0.05) is 25.8 Å². The zero-order valence-electron chi connectivity index (χ0n) is 6.79. The molecule has 0 saturated heterocycles. The van der Waals surface area contributed by atoms with Gasteiger partial charge in [-0.05, 0) is 12.8 Å². The molecule has 0 aromatic rings. The van der Waals surface area contributed by atoms with E-state index < -0.39 is 0 Å². The van der Waals surface area contributed by atoms with Crippen LogP contribution in [0, 0.1) is 0 Å². The maximum atomic E-state index is 8.62. The van der Waals surface area contributed by atoms with Crippen LogP contribution in [0.5, 0.6) is 0 Å². The lowest BCUT2D eigenvalue weighted by Gasteiger charge is -2.14. The molecule has 0 saturated carbocycles. The summed E-state index contributed by atoms with van der Waals surface area (Å²) in [5, 5.41) is 20.4. The Hall–Kier alpha value is -0.380. The minimum Gasteiger partial charge on any atom is -0.396 e. The second-order valence-electron chi connectivity index (χ2n) is 2.42. The van der Waals surface area contributed by atoms with Crippen molar-refractivity contribution in [3.05, 3.63) is 12.7 Å². The van der Waals surface area contributed by atoms with Crippen LogP contribution in [0.2, 0.25) is 0 Å². The van der Waals surface area contributed by atoms with Gasteiger partial charge in [-0.25, -0.2) is 0 Å². The van der Waals surface area contributed by atoms with Crippen molar-refractivity contribution in [1.29, 1.82) is 0 Å². The molecule has 0 spiro atoms. The molecule has 0 aromatic heterocycles. The number of hydrogen-bond acceptors (Lipinski definition) is 3. The molecule has 0 aromatic carbocycles. The maximum absolute atomic E-state index is 8.62. The molecule has 11 heavy (non-hydrogen) atoms. The van der Waals surface area contributed by atoms with E-state index >= 15 is 0 Å². The standard InChI is InChI=1S/C8H17NO2/c1-2-5-9-8(3-6-10)4-7-11/h2,8-11H,1,3-7H2. The monoisotopic (exact) mass is 159 g/mol. The Morgan fingerprint density at radius 2 is 1.82 bits per heavy atom. The Morgan fingerprint density at radius 3 is 2.18 bits per heavy atom. The summed E-state index contributed by atoms with van der Waals surface area (Å²) in [6.07, 6.45) is 3.14. The average molecular weight is 159 g/mol. The Morgan fingerprint density at radius 1 is 1.27 bits per heavy atom. The summed E-state index contributed by atoms with van der Waals surface area (Å²) in [7, 11) is 0. The predicted molar refractivity (Wildman–Crippen MR) is 45.4 cm³/mol. The highest BCUT2D eigenvalue weighted by molar-refractivity contribution is 4.74. The van der Waals surface area contributed by atoms with Crippen LogP contribution in [0.25, 0.3) is 0 Å². The molecule has 0 fully saturated rings. The SMILES string of the molecule is C=CCNC(CCO)CCO. The minimum absolute atomic E-state index is 0.162. The molecule has 0 radical (unpaired) electrons. The van der Waals surface area contributed by atoms with Crippen LogP contribution in [0.1, 0.15) is 12.8 Å². The van der Waals surface area contributed by atoms with Crippen molar-refractivity contribution in [2.45, 2.75) is 18.9 Å². The fourth-order valence-electron chi connectivity index (χ4n) is 0.910. The molecular weight excluding hydrogens is 142 g/mol. The van der Waals surface area contributed by atoms with Crippen LogP contribution in [0.3, 0.4) is 0 Å². The van der Waals surface area contributed by atoms with Gasteiger partial charge in [0.15, 0.2) is 0 Å². The smallest absolute Gasteiger partial charge is 0.0445 e. The fourth-order valence-corrected chi connectivity index (χ4v) is 0.910. The van der Waals surface area contributed by atoms with Gasteiger partial charge in [-0.2, -0.15) is 0 Å². The number of aliphatic hydroxyl groups is 2. The van der Waals surface area contributed by atoms with Crippen LogP contribution in [0.15, 0.2) is 12.7 Å². The van der Waals surface area contributed by atoms with E-state index in [1.807, 2.05) is 0 Å². The minimum atomic E-state index is 0.162. The number of rotatable bonds is 7. The molecule has 0 aliphatic heterocycles. The summed E-state index contributed by atoms with van der Waals surface area (Å²) in [6.45, 7) is 4.62. The Kier molecular flexibility index (Phi) is 7.46. The third-order valence-corrected chi connectivity index (χ3v) is 1.51. The molecule has 3 heteroatoms. The summed E-state index contributed by atoms with van der Waals surface area (Å²) < 4.78 is 0. The summed E-state index contributed by atoms with van der Waals surface area (Å²) in [5.74, 6) is 0. The van der Waals surface area contributed by atoms with Crippen LogP contribution in [-0.4, -0.2) is 36.0 Å².